The summed E-state index contributed by atoms with van der Waals surface area (Å²) in [5.74, 6) is -11.1. The van der Waals surface area contributed by atoms with Crippen molar-refractivity contribution in [2.75, 3.05) is 23.8 Å². The van der Waals surface area contributed by atoms with Crippen molar-refractivity contribution < 1.29 is 75.4 Å². The van der Waals surface area contributed by atoms with Crippen molar-refractivity contribution in [1.29, 1.82) is 0 Å². The van der Waals surface area contributed by atoms with Gasteiger partial charge in [0, 0.05) is 18.8 Å². The highest BCUT2D eigenvalue weighted by Crippen LogP contribution is 2.59. The first kappa shape index (κ1) is 43.6. The molecule has 0 bridgehead atoms. The van der Waals surface area contributed by atoms with Crippen LogP contribution in [0.1, 0.15) is 57.0 Å². The van der Waals surface area contributed by atoms with Crippen LogP contribution in [0, 0.1) is 0 Å². The first-order valence-electron chi connectivity index (χ1n) is 18.4. The van der Waals surface area contributed by atoms with Crippen molar-refractivity contribution in [3.05, 3.63) is 81.4 Å². The van der Waals surface area contributed by atoms with E-state index in [1.54, 1.807) is 30.3 Å². The third-order valence-corrected chi connectivity index (χ3v) is 9.54. The number of aliphatic hydroxyl groups excluding tert-OH is 2. The molecule has 2 amide bonds. The number of benzene rings is 1. The van der Waals surface area contributed by atoms with Gasteiger partial charge in [0.2, 0.25) is 12.5 Å². The van der Waals surface area contributed by atoms with Crippen LogP contribution < -0.4 is 22.0 Å². The Balaban J connectivity index is 0.960. The number of rotatable bonds is 15. The molecule has 1 spiro atoms. The van der Waals surface area contributed by atoms with Gasteiger partial charge in [-0.1, -0.05) is 43.7 Å². The molecule has 324 valence electrons. The van der Waals surface area contributed by atoms with E-state index in [2.05, 4.69) is 20.6 Å². The Morgan fingerprint density at radius 1 is 0.833 bits per heavy atom. The molecule has 3 aromatic rings. The number of carbonyl (C=O) groups is 4. The second-order valence-corrected chi connectivity index (χ2v) is 13.8. The van der Waals surface area contributed by atoms with E-state index in [1.807, 2.05) is 6.92 Å². The largest absolute Gasteiger partial charge is 0.463 e. The number of anilines is 2. The van der Waals surface area contributed by atoms with Gasteiger partial charge >= 0.3 is 47.3 Å². The summed E-state index contributed by atoms with van der Waals surface area (Å²) in [5.41, 5.74) is -4.03. The van der Waals surface area contributed by atoms with E-state index in [0.29, 0.717) is 21.1 Å². The number of carbonyl (C=O) groups excluding carboxylic acids is 4. The van der Waals surface area contributed by atoms with Crippen LogP contribution in [0.2, 0.25) is 0 Å². The van der Waals surface area contributed by atoms with Gasteiger partial charge in [-0.15, -0.1) is 0 Å². The maximum absolute atomic E-state index is 15.3. The highest BCUT2D eigenvalue weighted by atomic mass is 19.3. The van der Waals surface area contributed by atoms with Gasteiger partial charge in [0.15, 0.2) is 12.2 Å². The Kier molecular flexibility index (Phi) is 12.9. The number of alkyl halides is 4. The topological polar surface area (TPSA) is 258 Å². The van der Waals surface area contributed by atoms with Crippen molar-refractivity contribution >= 4 is 35.8 Å². The average Bonchev–Trinajstić information content (AvgIpc) is 3.79. The fraction of sp³-hybridized carbons (Fsp3) is 0.500. The number of hydrogen-bond donors (Lipinski definition) is 4. The number of hydrogen-bond acceptors (Lipinski definition) is 16. The molecule has 20 nitrogen and oxygen atoms in total. The van der Waals surface area contributed by atoms with Crippen LogP contribution in [0.15, 0.2) is 64.4 Å². The van der Waals surface area contributed by atoms with Crippen LogP contribution in [-0.2, 0) is 44.6 Å². The number of esters is 2. The summed E-state index contributed by atoms with van der Waals surface area (Å²) in [7, 11) is 0. The summed E-state index contributed by atoms with van der Waals surface area (Å²) in [6.07, 6.45) is -13.9. The van der Waals surface area contributed by atoms with Crippen molar-refractivity contribution in [3.8, 4) is 0 Å². The highest BCUT2D eigenvalue weighted by molar-refractivity contribution is 5.83. The van der Waals surface area contributed by atoms with Gasteiger partial charge in [-0.25, -0.2) is 19.2 Å². The summed E-state index contributed by atoms with van der Waals surface area (Å²) < 4.78 is 91.9. The number of nitrogens with zero attached hydrogens (tertiary/aromatic N) is 4. The Labute approximate surface area is 335 Å². The van der Waals surface area contributed by atoms with Crippen LogP contribution in [0.5, 0.6) is 0 Å². The third-order valence-electron chi connectivity index (χ3n) is 9.54. The zero-order chi connectivity index (χ0) is 43.4. The Morgan fingerprint density at radius 3 is 2.05 bits per heavy atom. The van der Waals surface area contributed by atoms with Crippen LogP contribution in [0.25, 0.3) is 0 Å². The summed E-state index contributed by atoms with van der Waals surface area (Å²) in [4.78, 5) is 81.2. The lowest BCUT2D eigenvalue weighted by molar-refractivity contribution is -0.157. The second-order valence-electron chi connectivity index (χ2n) is 13.8. The highest BCUT2D eigenvalue weighted by Gasteiger charge is 2.78. The maximum Gasteiger partial charge on any atom is 0.413 e. The first-order valence-corrected chi connectivity index (χ1v) is 18.4. The molecule has 2 aromatic heterocycles. The molecule has 24 heteroatoms. The van der Waals surface area contributed by atoms with E-state index in [1.165, 1.54) is 0 Å². The van der Waals surface area contributed by atoms with Crippen LogP contribution in [-0.4, -0.2) is 109 Å². The molecule has 2 unspecified atom stereocenters. The summed E-state index contributed by atoms with van der Waals surface area (Å²) in [6.45, 7) is 0.921. The van der Waals surface area contributed by atoms with Gasteiger partial charge < -0.3 is 38.6 Å². The monoisotopic (exact) mass is 854 g/mol. The van der Waals surface area contributed by atoms with Crippen LogP contribution in [0.4, 0.5) is 38.8 Å². The number of aliphatic hydroxyl groups is 2. The van der Waals surface area contributed by atoms with E-state index in [0.717, 1.165) is 30.9 Å². The minimum absolute atomic E-state index is 0.0987. The molecule has 60 heavy (non-hydrogen) atoms. The summed E-state index contributed by atoms with van der Waals surface area (Å²) >= 11 is 0. The zero-order valence-corrected chi connectivity index (χ0v) is 31.4. The summed E-state index contributed by atoms with van der Waals surface area (Å²) in [6, 6.07) is 10.7. The van der Waals surface area contributed by atoms with E-state index >= 15 is 17.6 Å². The molecule has 3 aliphatic rings. The summed E-state index contributed by atoms with van der Waals surface area (Å²) in [5, 5.41) is 25.1. The molecule has 0 radical (unpaired) electrons. The molecule has 2 saturated heterocycles. The standard InChI is InChI=1S/C36H38F4N6O14/c1-2-3-15-55-32(53)43-22-11-13-45(30(51)41-22)28-35(37,38)26(49)20(58-28)18-56-24(47)9-10-25(48)59-21-16-34(21)27(50)36(39,40)29(60-34)46-14-12-23(42-31(46)52)44-33(54)57-17-19-7-5-4-6-8-19/h4-8,11-14,20-21,26-29,49-50H,2-3,9-10,15-18H2,1H3,(H,41,43,51,53)(H,42,44,52,54)/t20-,21?,26-,27+,28-,29+,34?/m0/s1. The lowest BCUT2D eigenvalue weighted by Gasteiger charge is -2.21. The van der Waals surface area contributed by atoms with Crippen LogP contribution in [0.3, 0.4) is 0 Å². The SMILES string of the molecule is CCCCOC(=O)Nc1ccn([C@H]2O[C@@H](COC(=O)CCC(=O)OC3CC34O[C@@H](n3ccc(NC(=O)OCc5ccccc5)nc3=O)C(F)(F)[C@@H]4O)[C@H](O)C2(F)F)c(=O)n1. The minimum atomic E-state index is -4.10. The minimum Gasteiger partial charge on any atom is -0.463 e. The van der Waals surface area contributed by atoms with Crippen molar-refractivity contribution in [1.82, 2.24) is 19.1 Å². The van der Waals surface area contributed by atoms with Gasteiger partial charge in [-0.05, 0) is 24.1 Å². The van der Waals surface area contributed by atoms with Crippen molar-refractivity contribution in [2.45, 2.75) is 100.0 Å². The fourth-order valence-electron chi connectivity index (χ4n) is 6.25. The van der Waals surface area contributed by atoms with Gasteiger partial charge in [0.05, 0.1) is 19.4 Å². The number of ether oxygens (including phenoxy) is 6. The number of nitrogens with one attached hydrogen (secondary N) is 2. The predicted octanol–water partition coefficient (Wildman–Crippen LogP) is 2.39. The Hall–Kier alpha value is -5.98. The Bertz CT molecular complexity index is 2200. The van der Waals surface area contributed by atoms with Crippen LogP contribution >= 0.6 is 0 Å². The number of halogens is 4. The van der Waals surface area contributed by atoms with E-state index in [4.69, 9.17) is 28.4 Å². The molecular formula is C36H38F4N6O14. The molecule has 4 heterocycles. The average molecular weight is 855 g/mol. The fourth-order valence-corrected chi connectivity index (χ4v) is 6.25. The van der Waals surface area contributed by atoms with E-state index in [-0.39, 0.29) is 24.8 Å². The molecule has 7 atom stereocenters. The molecule has 2 aliphatic heterocycles. The molecule has 1 saturated carbocycles. The lowest BCUT2D eigenvalue weighted by atomic mass is 10.1. The quantitative estimate of drug-likeness (QED) is 0.0741. The van der Waals surface area contributed by atoms with Gasteiger partial charge in [-0.2, -0.15) is 27.5 Å². The third kappa shape index (κ3) is 9.40. The van der Waals surface area contributed by atoms with Gasteiger partial charge in [0.25, 0.3) is 0 Å². The maximum atomic E-state index is 15.3. The second kappa shape index (κ2) is 17.7. The number of unbranched alkanes of at least 4 members (excludes halogenated alkanes) is 1. The molecule has 6 rings (SSSR count). The molecule has 3 fully saturated rings. The normalized spacial score (nSPS) is 25.9. The van der Waals surface area contributed by atoms with E-state index < -0.39 is 116 Å². The Morgan fingerprint density at radius 2 is 1.43 bits per heavy atom. The molecule has 1 aliphatic carbocycles. The molecule has 4 N–H and O–H groups in total. The van der Waals surface area contributed by atoms with E-state index in [9.17, 15) is 39.0 Å². The molecular weight excluding hydrogens is 816 g/mol. The van der Waals surface area contributed by atoms with Gasteiger partial charge in [-0.3, -0.25) is 29.4 Å². The number of amides is 2. The lowest BCUT2D eigenvalue weighted by Crippen LogP contribution is -2.42. The predicted molar refractivity (Wildman–Crippen MR) is 190 cm³/mol. The first-order chi connectivity index (χ1) is 28.5. The smallest absolute Gasteiger partial charge is 0.413 e. The van der Waals surface area contributed by atoms with Crippen molar-refractivity contribution in [2.24, 2.45) is 0 Å². The molecule has 1 aromatic carbocycles. The zero-order valence-electron chi connectivity index (χ0n) is 31.4. The van der Waals surface area contributed by atoms with Gasteiger partial charge in [0.1, 0.15) is 42.7 Å². The van der Waals surface area contributed by atoms with Crippen molar-refractivity contribution in [3.63, 3.8) is 0 Å². The number of aromatic nitrogens is 4.